The van der Waals surface area contributed by atoms with Crippen LogP contribution in [0.3, 0.4) is 0 Å². The second-order valence-electron chi connectivity index (χ2n) is 2.95. The molecule has 0 aliphatic carbocycles. The van der Waals surface area contributed by atoms with E-state index in [0.717, 1.165) is 0 Å². The molecular weight excluding hydrogens is 194 g/mol. The maximum atomic E-state index is 11.4. The summed E-state index contributed by atoms with van der Waals surface area (Å²) < 4.78 is 5.17. The molecule has 0 fully saturated rings. The Hall–Kier alpha value is -2.28. The summed E-state index contributed by atoms with van der Waals surface area (Å²) in [5.74, 6) is 1.79. The van der Waals surface area contributed by atoms with E-state index in [1.165, 1.54) is 0 Å². The zero-order chi connectivity index (χ0) is 10.8. The van der Waals surface area contributed by atoms with Gasteiger partial charge in [-0.05, 0) is 12.1 Å². The molecule has 1 heterocycles. The number of imide groups is 1. The van der Waals surface area contributed by atoms with Crippen LogP contribution >= 0.6 is 0 Å². The van der Waals surface area contributed by atoms with Crippen molar-refractivity contribution in [2.24, 2.45) is 0 Å². The molecule has 74 valence electrons. The second-order valence-corrected chi connectivity index (χ2v) is 2.95. The van der Waals surface area contributed by atoms with Gasteiger partial charge < -0.3 is 4.74 Å². The minimum atomic E-state index is -0.442. The van der Waals surface area contributed by atoms with Crippen molar-refractivity contribution < 1.29 is 14.3 Å². The quantitative estimate of drug-likeness (QED) is 0.562. The van der Waals surface area contributed by atoms with Gasteiger partial charge in [0.05, 0.1) is 11.1 Å². The highest BCUT2D eigenvalue weighted by atomic mass is 16.5. The standard InChI is InChI=1S/C11H7NO3/c1-2-6-15-8-5-3-4-7-9(8)11(14)12-10(7)13/h1,3-5H,6H2,(H,12,13,14). The van der Waals surface area contributed by atoms with Crippen molar-refractivity contribution in [1.82, 2.24) is 5.32 Å². The highest BCUT2D eigenvalue weighted by Crippen LogP contribution is 2.25. The smallest absolute Gasteiger partial charge is 0.262 e. The Morgan fingerprint density at radius 1 is 1.33 bits per heavy atom. The van der Waals surface area contributed by atoms with E-state index in [0.29, 0.717) is 11.3 Å². The summed E-state index contributed by atoms with van der Waals surface area (Å²) in [6.45, 7) is 0.0674. The minimum Gasteiger partial charge on any atom is -0.480 e. The molecule has 2 rings (SSSR count). The van der Waals surface area contributed by atoms with Crippen LogP contribution in [0.15, 0.2) is 18.2 Å². The van der Waals surface area contributed by atoms with Crippen LogP contribution in [0.2, 0.25) is 0 Å². The van der Waals surface area contributed by atoms with Gasteiger partial charge in [0.2, 0.25) is 0 Å². The second kappa shape index (κ2) is 3.46. The molecule has 0 radical (unpaired) electrons. The average molecular weight is 201 g/mol. The van der Waals surface area contributed by atoms with Crippen LogP contribution in [0.25, 0.3) is 0 Å². The Kier molecular flexibility index (Phi) is 2.14. The fourth-order valence-corrected chi connectivity index (χ4v) is 1.43. The Balaban J connectivity index is 2.47. The number of nitrogens with one attached hydrogen (secondary N) is 1. The average Bonchev–Trinajstić information content (AvgIpc) is 2.53. The third kappa shape index (κ3) is 1.44. The normalized spacial score (nSPS) is 13.0. The van der Waals surface area contributed by atoms with Gasteiger partial charge in [-0.2, -0.15) is 0 Å². The SMILES string of the molecule is C#CCOc1cccc2c1C(=O)NC2=O. The van der Waals surface area contributed by atoms with E-state index >= 15 is 0 Å². The lowest BCUT2D eigenvalue weighted by Gasteiger charge is -2.04. The molecule has 1 aromatic rings. The van der Waals surface area contributed by atoms with E-state index < -0.39 is 11.8 Å². The molecule has 0 atom stereocenters. The van der Waals surface area contributed by atoms with Crippen LogP contribution in [0.5, 0.6) is 5.75 Å². The van der Waals surface area contributed by atoms with E-state index in [4.69, 9.17) is 11.2 Å². The number of carbonyl (C=O) groups excluding carboxylic acids is 2. The van der Waals surface area contributed by atoms with E-state index in [-0.39, 0.29) is 12.2 Å². The van der Waals surface area contributed by atoms with Crippen LogP contribution in [-0.2, 0) is 0 Å². The fraction of sp³-hybridized carbons (Fsp3) is 0.0909. The maximum Gasteiger partial charge on any atom is 0.262 e. The first-order valence-electron chi connectivity index (χ1n) is 4.29. The van der Waals surface area contributed by atoms with Crippen LogP contribution < -0.4 is 10.1 Å². The number of benzene rings is 1. The predicted molar refractivity (Wildman–Crippen MR) is 52.6 cm³/mol. The van der Waals surface area contributed by atoms with Gasteiger partial charge in [-0.25, -0.2) is 0 Å². The molecule has 0 bridgehead atoms. The molecule has 4 heteroatoms. The van der Waals surface area contributed by atoms with Gasteiger partial charge in [-0.3, -0.25) is 14.9 Å². The number of terminal acetylenes is 1. The molecule has 1 aliphatic rings. The molecule has 0 saturated heterocycles. The van der Waals surface area contributed by atoms with Gasteiger partial charge in [-0.1, -0.05) is 12.0 Å². The molecule has 0 aromatic heterocycles. The summed E-state index contributed by atoms with van der Waals surface area (Å²) in [5, 5.41) is 2.19. The zero-order valence-electron chi connectivity index (χ0n) is 7.74. The van der Waals surface area contributed by atoms with Gasteiger partial charge in [0.15, 0.2) is 0 Å². The Labute approximate surface area is 86.2 Å². The monoisotopic (exact) mass is 201 g/mol. The largest absolute Gasteiger partial charge is 0.480 e. The number of hydrogen-bond acceptors (Lipinski definition) is 3. The number of ether oxygens (including phenoxy) is 1. The molecule has 0 spiro atoms. The van der Waals surface area contributed by atoms with E-state index in [2.05, 4.69) is 11.2 Å². The lowest BCUT2D eigenvalue weighted by molar-refractivity contribution is 0.0879. The van der Waals surface area contributed by atoms with Crippen molar-refractivity contribution in [2.75, 3.05) is 6.61 Å². The molecule has 1 aliphatic heterocycles. The number of carbonyl (C=O) groups is 2. The maximum absolute atomic E-state index is 11.4. The third-order valence-electron chi connectivity index (χ3n) is 2.04. The first kappa shape index (κ1) is 9.28. The summed E-state index contributed by atoms with van der Waals surface area (Å²) in [6.07, 6.45) is 5.04. The lowest BCUT2D eigenvalue weighted by atomic mass is 10.1. The summed E-state index contributed by atoms with van der Waals surface area (Å²) in [7, 11) is 0. The summed E-state index contributed by atoms with van der Waals surface area (Å²) in [6, 6.07) is 4.81. The van der Waals surface area contributed by atoms with Crippen LogP contribution in [0.4, 0.5) is 0 Å². The summed E-state index contributed by atoms with van der Waals surface area (Å²) in [5.41, 5.74) is 0.590. The molecule has 0 unspecified atom stereocenters. The topological polar surface area (TPSA) is 55.4 Å². The molecule has 1 aromatic carbocycles. The summed E-state index contributed by atoms with van der Waals surface area (Å²) >= 11 is 0. The highest BCUT2D eigenvalue weighted by Gasteiger charge is 2.29. The molecule has 1 N–H and O–H groups in total. The van der Waals surface area contributed by atoms with Gasteiger partial charge in [-0.15, -0.1) is 6.42 Å². The van der Waals surface area contributed by atoms with Crippen molar-refractivity contribution >= 4 is 11.8 Å². The van der Waals surface area contributed by atoms with Gasteiger partial charge in [0, 0.05) is 0 Å². The Bertz CT molecular complexity index is 485. The van der Waals surface area contributed by atoms with Crippen molar-refractivity contribution in [2.45, 2.75) is 0 Å². The summed E-state index contributed by atoms with van der Waals surface area (Å²) in [4.78, 5) is 22.7. The molecule has 0 saturated carbocycles. The van der Waals surface area contributed by atoms with Gasteiger partial charge in [0.1, 0.15) is 12.4 Å². The molecular formula is C11H7NO3. The number of fused-ring (bicyclic) bond motifs is 1. The Morgan fingerprint density at radius 3 is 2.87 bits per heavy atom. The van der Waals surface area contributed by atoms with Crippen molar-refractivity contribution in [3.05, 3.63) is 29.3 Å². The van der Waals surface area contributed by atoms with Gasteiger partial charge in [0.25, 0.3) is 11.8 Å². The third-order valence-corrected chi connectivity index (χ3v) is 2.04. The van der Waals surface area contributed by atoms with Gasteiger partial charge >= 0.3 is 0 Å². The highest BCUT2D eigenvalue weighted by molar-refractivity contribution is 6.22. The van der Waals surface area contributed by atoms with E-state index in [9.17, 15) is 9.59 Å². The fourth-order valence-electron chi connectivity index (χ4n) is 1.43. The van der Waals surface area contributed by atoms with Crippen LogP contribution in [0, 0.1) is 12.3 Å². The molecule has 15 heavy (non-hydrogen) atoms. The molecule has 2 amide bonds. The van der Waals surface area contributed by atoms with Crippen molar-refractivity contribution in [3.8, 4) is 18.1 Å². The van der Waals surface area contributed by atoms with Crippen LogP contribution in [0.1, 0.15) is 20.7 Å². The first-order chi connectivity index (χ1) is 7.24. The predicted octanol–water partition coefficient (Wildman–Crippen LogP) is 0.582. The van der Waals surface area contributed by atoms with Crippen molar-refractivity contribution in [3.63, 3.8) is 0 Å². The van der Waals surface area contributed by atoms with E-state index in [1.54, 1.807) is 18.2 Å². The van der Waals surface area contributed by atoms with Crippen molar-refractivity contribution in [1.29, 1.82) is 0 Å². The number of hydrogen-bond donors (Lipinski definition) is 1. The lowest BCUT2D eigenvalue weighted by Crippen LogP contribution is -2.20. The van der Waals surface area contributed by atoms with Crippen LogP contribution in [-0.4, -0.2) is 18.4 Å². The molecule has 4 nitrogen and oxygen atoms in total. The minimum absolute atomic E-state index is 0.0674. The zero-order valence-corrected chi connectivity index (χ0v) is 7.74. The Morgan fingerprint density at radius 2 is 2.13 bits per heavy atom. The number of amides is 2. The first-order valence-corrected chi connectivity index (χ1v) is 4.29. The van der Waals surface area contributed by atoms with E-state index in [1.807, 2.05) is 0 Å². The number of rotatable bonds is 2.